The molecule has 1 heterocycles. The predicted molar refractivity (Wildman–Crippen MR) is 67.8 cm³/mol. The monoisotopic (exact) mass is 215 g/mol. The molecule has 1 unspecified atom stereocenters. The zero-order valence-corrected chi connectivity index (χ0v) is 9.91. The highest BCUT2D eigenvalue weighted by atomic mass is 14.9. The van der Waals surface area contributed by atoms with E-state index in [9.17, 15) is 0 Å². The Bertz CT molecular complexity index is 348. The first kappa shape index (κ1) is 10.3. The van der Waals surface area contributed by atoms with Crippen LogP contribution < -0.4 is 5.32 Å². The molecule has 0 bridgehead atoms. The van der Waals surface area contributed by atoms with E-state index in [0.717, 1.165) is 12.0 Å². The molecule has 1 heteroatoms. The van der Waals surface area contributed by atoms with Gasteiger partial charge in [-0.05, 0) is 55.7 Å². The van der Waals surface area contributed by atoms with Gasteiger partial charge in [-0.15, -0.1) is 0 Å². The smallest absolute Gasteiger partial charge is 0.0108 e. The molecule has 1 aliphatic heterocycles. The lowest BCUT2D eigenvalue weighted by atomic mass is 9.77. The van der Waals surface area contributed by atoms with E-state index in [0.29, 0.717) is 0 Å². The van der Waals surface area contributed by atoms with Crippen molar-refractivity contribution in [2.75, 3.05) is 6.54 Å². The zero-order valence-electron chi connectivity index (χ0n) is 9.91. The molecule has 0 aromatic heterocycles. The van der Waals surface area contributed by atoms with Gasteiger partial charge in [0.25, 0.3) is 0 Å². The highest BCUT2D eigenvalue weighted by Crippen LogP contribution is 2.38. The molecule has 1 nitrogen and oxygen atoms in total. The lowest BCUT2D eigenvalue weighted by molar-refractivity contribution is 0.415. The molecule has 1 saturated heterocycles. The first-order chi connectivity index (χ1) is 7.93. The minimum Gasteiger partial charge on any atom is -0.314 e. The van der Waals surface area contributed by atoms with Crippen LogP contribution >= 0.6 is 0 Å². The molecule has 16 heavy (non-hydrogen) atoms. The average molecular weight is 215 g/mol. The first-order valence-electron chi connectivity index (χ1n) is 6.74. The van der Waals surface area contributed by atoms with Crippen molar-refractivity contribution in [2.45, 2.75) is 50.5 Å². The number of hydrogen-bond acceptors (Lipinski definition) is 1. The summed E-state index contributed by atoms with van der Waals surface area (Å²) in [5.74, 6) is 0.873. The van der Waals surface area contributed by atoms with Crippen LogP contribution in [0, 0.1) is 0 Å². The Kier molecular flexibility index (Phi) is 2.96. The van der Waals surface area contributed by atoms with Crippen molar-refractivity contribution >= 4 is 0 Å². The Morgan fingerprint density at radius 2 is 1.94 bits per heavy atom. The largest absolute Gasteiger partial charge is 0.314 e. The SMILES string of the molecule is c1ccc(C2CCC2)c(CC2CCCN2)c1. The third kappa shape index (κ3) is 2.01. The van der Waals surface area contributed by atoms with Gasteiger partial charge in [0.1, 0.15) is 0 Å². The fourth-order valence-corrected chi connectivity index (χ4v) is 3.03. The molecule has 1 aliphatic carbocycles. The summed E-state index contributed by atoms with van der Waals surface area (Å²) in [6, 6.07) is 9.84. The van der Waals surface area contributed by atoms with Crippen LogP contribution in [-0.2, 0) is 6.42 Å². The summed E-state index contributed by atoms with van der Waals surface area (Å²) in [6.45, 7) is 1.22. The van der Waals surface area contributed by atoms with Gasteiger partial charge in [0.2, 0.25) is 0 Å². The maximum atomic E-state index is 3.61. The van der Waals surface area contributed by atoms with Crippen LogP contribution in [0.25, 0.3) is 0 Å². The number of hydrogen-bond donors (Lipinski definition) is 1. The zero-order chi connectivity index (χ0) is 10.8. The van der Waals surface area contributed by atoms with Crippen LogP contribution in [0.3, 0.4) is 0 Å². The average Bonchev–Trinajstić information content (AvgIpc) is 2.71. The summed E-state index contributed by atoms with van der Waals surface area (Å²) in [5, 5.41) is 3.61. The van der Waals surface area contributed by atoms with Crippen LogP contribution in [0.5, 0.6) is 0 Å². The van der Waals surface area contributed by atoms with Crippen LogP contribution in [0.2, 0.25) is 0 Å². The molecule has 1 aromatic rings. The Morgan fingerprint density at radius 1 is 1.06 bits per heavy atom. The summed E-state index contributed by atoms with van der Waals surface area (Å²) < 4.78 is 0. The van der Waals surface area contributed by atoms with Crippen molar-refractivity contribution in [1.82, 2.24) is 5.32 Å². The molecule has 0 spiro atoms. The first-order valence-corrected chi connectivity index (χ1v) is 6.74. The molecule has 0 amide bonds. The number of benzene rings is 1. The molecule has 1 aromatic carbocycles. The van der Waals surface area contributed by atoms with Crippen molar-refractivity contribution < 1.29 is 0 Å². The van der Waals surface area contributed by atoms with Gasteiger partial charge in [0.15, 0.2) is 0 Å². The molecular formula is C15H21N. The Morgan fingerprint density at radius 3 is 2.62 bits per heavy atom. The second-order valence-electron chi connectivity index (χ2n) is 5.32. The Labute approximate surface area is 98.3 Å². The van der Waals surface area contributed by atoms with Gasteiger partial charge in [-0.2, -0.15) is 0 Å². The third-order valence-corrected chi connectivity index (χ3v) is 4.23. The Hall–Kier alpha value is -0.820. The fraction of sp³-hybridized carbons (Fsp3) is 0.600. The minimum absolute atomic E-state index is 0.737. The molecule has 3 rings (SSSR count). The number of rotatable bonds is 3. The van der Waals surface area contributed by atoms with Gasteiger partial charge in [-0.3, -0.25) is 0 Å². The van der Waals surface area contributed by atoms with Gasteiger partial charge in [-0.25, -0.2) is 0 Å². The maximum Gasteiger partial charge on any atom is 0.0108 e. The highest BCUT2D eigenvalue weighted by molar-refractivity contribution is 5.32. The quantitative estimate of drug-likeness (QED) is 0.816. The summed E-state index contributed by atoms with van der Waals surface area (Å²) >= 11 is 0. The lowest BCUT2D eigenvalue weighted by Gasteiger charge is -2.28. The molecule has 2 fully saturated rings. The lowest BCUT2D eigenvalue weighted by Crippen LogP contribution is -2.24. The van der Waals surface area contributed by atoms with Crippen LogP contribution in [0.1, 0.15) is 49.1 Å². The summed E-state index contributed by atoms with van der Waals surface area (Å²) in [4.78, 5) is 0. The standard InChI is InChI=1S/C15H21N/c1-2-9-15(12-6-3-7-12)13(5-1)11-14-8-4-10-16-14/h1-2,5,9,12,14,16H,3-4,6-8,10-11H2. The second kappa shape index (κ2) is 4.58. The van der Waals surface area contributed by atoms with Crippen LogP contribution in [0.15, 0.2) is 24.3 Å². The Balaban J connectivity index is 1.76. The molecule has 1 atom stereocenters. The van der Waals surface area contributed by atoms with E-state index in [2.05, 4.69) is 29.6 Å². The summed E-state index contributed by atoms with van der Waals surface area (Å²) in [6.07, 6.45) is 8.22. The van der Waals surface area contributed by atoms with Gasteiger partial charge in [0.05, 0.1) is 0 Å². The van der Waals surface area contributed by atoms with E-state index in [1.54, 1.807) is 11.1 Å². The second-order valence-corrected chi connectivity index (χ2v) is 5.32. The van der Waals surface area contributed by atoms with Gasteiger partial charge >= 0.3 is 0 Å². The summed E-state index contributed by atoms with van der Waals surface area (Å²) in [7, 11) is 0. The molecule has 2 aliphatic rings. The van der Waals surface area contributed by atoms with Crippen molar-refractivity contribution in [1.29, 1.82) is 0 Å². The van der Waals surface area contributed by atoms with E-state index < -0.39 is 0 Å². The molecule has 0 radical (unpaired) electrons. The van der Waals surface area contributed by atoms with Crippen molar-refractivity contribution in [3.8, 4) is 0 Å². The van der Waals surface area contributed by atoms with Crippen molar-refractivity contribution in [2.24, 2.45) is 0 Å². The maximum absolute atomic E-state index is 3.61. The molecular weight excluding hydrogens is 194 g/mol. The molecule has 86 valence electrons. The minimum atomic E-state index is 0.737. The topological polar surface area (TPSA) is 12.0 Å². The molecule has 1 saturated carbocycles. The van der Waals surface area contributed by atoms with E-state index in [1.807, 2.05) is 0 Å². The van der Waals surface area contributed by atoms with Gasteiger partial charge < -0.3 is 5.32 Å². The van der Waals surface area contributed by atoms with Crippen LogP contribution in [-0.4, -0.2) is 12.6 Å². The fourth-order valence-electron chi connectivity index (χ4n) is 3.03. The summed E-state index contributed by atoms with van der Waals surface area (Å²) in [5.41, 5.74) is 3.24. The van der Waals surface area contributed by atoms with Crippen LogP contribution in [0.4, 0.5) is 0 Å². The van der Waals surface area contributed by atoms with E-state index in [-0.39, 0.29) is 0 Å². The van der Waals surface area contributed by atoms with E-state index in [4.69, 9.17) is 0 Å². The molecule has 1 N–H and O–H groups in total. The van der Waals surface area contributed by atoms with Crippen molar-refractivity contribution in [3.05, 3.63) is 35.4 Å². The van der Waals surface area contributed by atoms with Gasteiger partial charge in [0, 0.05) is 6.04 Å². The normalized spacial score (nSPS) is 25.6. The van der Waals surface area contributed by atoms with Crippen molar-refractivity contribution in [3.63, 3.8) is 0 Å². The highest BCUT2D eigenvalue weighted by Gasteiger charge is 2.23. The van der Waals surface area contributed by atoms with E-state index >= 15 is 0 Å². The van der Waals surface area contributed by atoms with Gasteiger partial charge in [-0.1, -0.05) is 30.7 Å². The number of nitrogens with one attached hydrogen (secondary N) is 1. The predicted octanol–water partition coefficient (Wildman–Crippen LogP) is 3.25. The van der Waals surface area contributed by atoms with E-state index in [1.165, 1.54) is 45.1 Å². The third-order valence-electron chi connectivity index (χ3n) is 4.23.